The van der Waals surface area contributed by atoms with E-state index in [2.05, 4.69) is 256 Å². The summed E-state index contributed by atoms with van der Waals surface area (Å²) in [7, 11) is 0. The van der Waals surface area contributed by atoms with E-state index in [9.17, 15) is 0 Å². The molecule has 0 saturated carbocycles. The van der Waals surface area contributed by atoms with Crippen molar-refractivity contribution in [2.75, 3.05) is 51.6 Å². The predicted molar refractivity (Wildman–Crippen MR) is 514 cm³/mol. The van der Waals surface area contributed by atoms with Crippen molar-refractivity contribution >= 4 is 51.2 Å². The molecule has 0 spiro atoms. The van der Waals surface area contributed by atoms with Gasteiger partial charge in [-0.15, -0.1) is 0 Å². The first kappa shape index (κ1) is 88.3. The molecule has 610 valence electrons. The number of nitrogens with two attached hydrogens (primary N) is 10. The second-order valence-electron chi connectivity index (χ2n) is 32.0. The zero-order valence-electron chi connectivity index (χ0n) is 71.2. The van der Waals surface area contributed by atoms with E-state index in [1.807, 2.05) is 133 Å². The molecule has 2 aliphatic carbocycles. The van der Waals surface area contributed by atoms with Crippen LogP contribution >= 0.6 is 0 Å². The summed E-state index contributed by atoms with van der Waals surface area (Å²) in [6.45, 7) is 19.5. The van der Waals surface area contributed by atoms with E-state index >= 15 is 0 Å². The van der Waals surface area contributed by atoms with Crippen LogP contribution in [-0.2, 0) is 12.8 Å². The minimum atomic E-state index is 0.132. The van der Waals surface area contributed by atoms with Crippen molar-refractivity contribution in [2.45, 2.75) is 150 Å². The van der Waals surface area contributed by atoms with Crippen LogP contribution in [0, 0.1) is 48.5 Å². The molecule has 10 nitrogen and oxygen atoms in total. The highest BCUT2D eigenvalue weighted by molar-refractivity contribution is 5.58. The van der Waals surface area contributed by atoms with Crippen LogP contribution in [0.25, 0.3) is 0 Å². The Morgan fingerprint density at radius 3 is 0.966 bits per heavy atom. The molecule has 0 fully saturated rings. The van der Waals surface area contributed by atoms with E-state index in [0.29, 0.717) is 0 Å². The van der Waals surface area contributed by atoms with Crippen molar-refractivity contribution in [3.63, 3.8) is 0 Å². The molecule has 0 bridgehead atoms. The molecule has 13 aromatic rings. The highest BCUT2D eigenvalue weighted by Crippen LogP contribution is 2.42. The second-order valence-corrected chi connectivity index (χ2v) is 32.0. The Morgan fingerprint density at radius 2 is 0.630 bits per heavy atom. The molecule has 0 aliphatic heterocycles. The smallest absolute Gasteiger partial charge is 0.0345 e. The molecule has 20 N–H and O–H groups in total. The number of hydrogen-bond donors (Lipinski definition) is 10. The van der Waals surface area contributed by atoms with Crippen molar-refractivity contribution in [2.24, 2.45) is 5.73 Å². The lowest BCUT2D eigenvalue weighted by molar-refractivity contribution is 0.725. The van der Waals surface area contributed by atoms with Crippen LogP contribution < -0.4 is 57.3 Å². The SMILES string of the molecule is CCCCC1=CC=C(C(c2ccc(N)cc2)c2ccc(N)cc2)CC1.CCCc1ccc(C(C2=CCC(N)C=C2)c2ccc(N)cc2)cc1.Cc1cc(C)c(C(c2ccc(N)cc2)c2ccc(N)cc2)c(C)c1.Cc1ccc(C(c2ccc(N)cc2)c2ccc(N)cc2)c(C)c1.Cc1ccc(C)cc1.Nc1ccc(Cc2ccc(N)cc2)cc1. The lowest BCUT2D eigenvalue weighted by Gasteiger charge is -2.25. The molecule has 15 rings (SSSR count). The van der Waals surface area contributed by atoms with Gasteiger partial charge in [0.2, 0.25) is 0 Å². The molecular weight excluding hydrogens is 1450 g/mol. The first-order chi connectivity index (χ1) is 57.4. The van der Waals surface area contributed by atoms with E-state index < -0.39 is 0 Å². The highest BCUT2D eigenvalue weighted by Gasteiger charge is 2.25. The lowest BCUT2D eigenvalue weighted by atomic mass is 9.80. The summed E-state index contributed by atoms with van der Waals surface area (Å²) in [5.74, 6) is 0.846. The van der Waals surface area contributed by atoms with Gasteiger partial charge in [-0.1, -0.05) is 279 Å². The van der Waals surface area contributed by atoms with Gasteiger partial charge in [0.05, 0.1) is 0 Å². The summed E-state index contributed by atoms with van der Waals surface area (Å²) in [4.78, 5) is 0. The zero-order valence-corrected chi connectivity index (χ0v) is 71.2. The van der Waals surface area contributed by atoms with E-state index in [-0.39, 0.29) is 29.7 Å². The van der Waals surface area contributed by atoms with Gasteiger partial charge in [0.1, 0.15) is 0 Å². The molecule has 0 aromatic heterocycles. The fourth-order valence-corrected chi connectivity index (χ4v) is 15.6. The van der Waals surface area contributed by atoms with E-state index in [1.165, 1.54) is 155 Å². The standard InChI is InChI=1S/C23H28N2.C22H24N2.C22H26N2.C21H22N2.C13H14N2.C8H10/c1-2-3-4-17-5-7-18(8-6-17)23(19-9-13-21(24)14-10-19)20-11-15-22(25)16-12-20;1-14-12-15(2)21(16(3)13-14)22(17-4-8-19(23)9-5-17)18-6-10-20(24)11-7-18;1-2-3-16-4-6-17(7-5-16)22(18-8-12-20(23)13-9-18)19-10-14-21(24)15-11-19;1-14-3-12-20(15(2)13-14)21(16-4-8-18(22)9-5-16)17-6-10-19(23)11-7-17;14-12-5-1-10(2-6-12)9-11-3-7-13(15)8-4-11;1-7-3-5-8(2)6-4-7/h5,7,9-16,23H,2-4,6,8,24-25H2,1H3;4-13,22H,23-24H2,1-3H3;4-14,21-22H,2-3,15,23-24H2,1H3;3-13,21H,22-23H2,1-2H3;1-8H,9,14-15H2;3-6H,1-2H3. The average molecular weight is 1570 g/mol. The largest absolute Gasteiger partial charge is 0.399 e. The summed E-state index contributed by atoms with van der Waals surface area (Å²) in [5, 5.41) is 0. The maximum atomic E-state index is 6.00. The summed E-state index contributed by atoms with van der Waals surface area (Å²) in [5.41, 5.74) is 95.7. The molecule has 0 heterocycles. The van der Waals surface area contributed by atoms with Crippen LogP contribution in [0.5, 0.6) is 0 Å². The van der Waals surface area contributed by atoms with E-state index in [0.717, 1.165) is 76.9 Å². The third-order valence-corrected chi connectivity index (χ3v) is 22.1. The normalized spacial score (nSPS) is 12.9. The van der Waals surface area contributed by atoms with Gasteiger partial charge in [-0.25, -0.2) is 0 Å². The number of aryl methyl sites for hydroxylation is 8. The summed E-state index contributed by atoms with van der Waals surface area (Å²) in [6.07, 6.45) is 21.4. The van der Waals surface area contributed by atoms with Crippen molar-refractivity contribution in [1.29, 1.82) is 0 Å². The van der Waals surface area contributed by atoms with Crippen LogP contribution in [0.15, 0.2) is 344 Å². The van der Waals surface area contributed by atoms with Gasteiger partial charge in [0.15, 0.2) is 0 Å². The third kappa shape index (κ3) is 26.5. The zero-order chi connectivity index (χ0) is 84.9. The van der Waals surface area contributed by atoms with Crippen molar-refractivity contribution < 1.29 is 0 Å². The Morgan fingerprint density at radius 1 is 0.303 bits per heavy atom. The lowest BCUT2D eigenvalue weighted by Crippen LogP contribution is -2.19. The summed E-state index contributed by atoms with van der Waals surface area (Å²) >= 11 is 0. The van der Waals surface area contributed by atoms with Crippen LogP contribution in [0.3, 0.4) is 0 Å². The minimum Gasteiger partial charge on any atom is -0.399 e. The van der Waals surface area contributed by atoms with Crippen molar-refractivity contribution in [3.8, 4) is 0 Å². The van der Waals surface area contributed by atoms with Crippen LogP contribution in [0.4, 0.5) is 51.2 Å². The Kier molecular flexibility index (Phi) is 32.5. The number of anilines is 9. The minimum absolute atomic E-state index is 0.132. The number of benzene rings is 13. The molecule has 10 heteroatoms. The Bertz CT molecular complexity index is 5210. The van der Waals surface area contributed by atoms with Gasteiger partial charge in [-0.2, -0.15) is 0 Å². The van der Waals surface area contributed by atoms with Crippen LogP contribution in [-0.4, -0.2) is 6.04 Å². The summed E-state index contributed by atoms with van der Waals surface area (Å²) in [6, 6.07) is 102. The number of unbranched alkanes of at least 4 members (excludes halogenated alkanes) is 1. The van der Waals surface area contributed by atoms with E-state index in [4.69, 9.17) is 57.3 Å². The van der Waals surface area contributed by atoms with Gasteiger partial charge in [0, 0.05) is 80.9 Å². The number of allylic oxidation sites excluding steroid dienone is 6. The Balaban J connectivity index is 0.000000154. The molecule has 2 aliphatic rings. The Labute approximate surface area is 709 Å². The average Bonchev–Trinajstić information content (AvgIpc) is 0.789. The first-order valence-corrected chi connectivity index (χ1v) is 41.8. The number of rotatable bonds is 19. The van der Waals surface area contributed by atoms with Crippen molar-refractivity contribution in [3.05, 3.63) is 456 Å². The number of hydrogen-bond acceptors (Lipinski definition) is 10. The van der Waals surface area contributed by atoms with Gasteiger partial charge in [-0.05, 0) is 297 Å². The molecule has 13 aromatic carbocycles. The molecule has 2 atom stereocenters. The second kappa shape index (κ2) is 43.8. The van der Waals surface area contributed by atoms with Gasteiger partial charge in [0.25, 0.3) is 0 Å². The molecule has 2 unspecified atom stereocenters. The quantitative estimate of drug-likeness (QED) is 0.0270. The molecule has 0 radical (unpaired) electrons. The fourth-order valence-electron chi connectivity index (χ4n) is 15.6. The summed E-state index contributed by atoms with van der Waals surface area (Å²) < 4.78 is 0. The maximum absolute atomic E-state index is 6.00. The van der Waals surface area contributed by atoms with Gasteiger partial charge in [-0.3, -0.25) is 0 Å². The Hall–Kier alpha value is -13.0. The maximum Gasteiger partial charge on any atom is 0.0345 e. The van der Waals surface area contributed by atoms with E-state index in [1.54, 1.807) is 5.57 Å². The third-order valence-electron chi connectivity index (χ3n) is 22.1. The monoisotopic (exact) mass is 1570 g/mol. The number of nitrogen functional groups attached to an aromatic ring is 9. The van der Waals surface area contributed by atoms with Crippen molar-refractivity contribution in [1.82, 2.24) is 0 Å². The van der Waals surface area contributed by atoms with Gasteiger partial charge >= 0.3 is 0 Å². The highest BCUT2D eigenvalue weighted by atomic mass is 14.6. The molecule has 0 amide bonds. The van der Waals surface area contributed by atoms with Crippen LogP contribution in [0.2, 0.25) is 0 Å². The predicted octanol–water partition coefficient (Wildman–Crippen LogP) is 24.7. The molecular formula is C109H124N10. The topological polar surface area (TPSA) is 260 Å². The van der Waals surface area contributed by atoms with Gasteiger partial charge < -0.3 is 57.3 Å². The first-order valence-electron chi connectivity index (χ1n) is 41.8. The van der Waals surface area contributed by atoms with Crippen LogP contribution in [0.1, 0.15) is 194 Å². The molecule has 0 saturated heterocycles. The fraction of sp³-hybridized carbons (Fsp3) is 0.211. The molecule has 119 heavy (non-hydrogen) atoms.